The molecule has 0 saturated carbocycles. The summed E-state index contributed by atoms with van der Waals surface area (Å²) in [5.74, 6) is 1.18. The van der Waals surface area contributed by atoms with Crippen molar-refractivity contribution < 1.29 is 18.4 Å². The molecule has 0 saturated heterocycles. The lowest BCUT2D eigenvalue weighted by atomic mass is 10.1. The molecule has 178 valence electrons. The number of tetrazole rings is 1. The minimum absolute atomic E-state index is 0.0558. The number of amides is 2. The number of hydrogen-bond acceptors (Lipinski definition) is 8. The average Bonchev–Trinajstić information content (AvgIpc) is 3.55. The number of furan rings is 2. The van der Waals surface area contributed by atoms with Crippen LogP contribution in [0.2, 0.25) is 0 Å². The van der Waals surface area contributed by atoms with E-state index in [-0.39, 0.29) is 19.0 Å². The van der Waals surface area contributed by atoms with Gasteiger partial charge in [0.05, 0.1) is 17.7 Å². The van der Waals surface area contributed by atoms with Crippen molar-refractivity contribution in [3.8, 4) is 10.7 Å². The molecule has 0 aromatic carbocycles. The van der Waals surface area contributed by atoms with Gasteiger partial charge in [0.2, 0.25) is 11.7 Å². The molecule has 2 amide bonds. The van der Waals surface area contributed by atoms with Crippen molar-refractivity contribution >= 4 is 23.2 Å². The first-order chi connectivity index (χ1) is 16.2. The van der Waals surface area contributed by atoms with Gasteiger partial charge in [-0.2, -0.15) is 4.80 Å². The molecule has 0 aliphatic heterocycles. The quantitative estimate of drug-likeness (QED) is 0.408. The van der Waals surface area contributed by atoms with Crippen molar-refractivity contribution in [1.82, 2.24) is 30.4 Å². The maximum absolute atomic E-state index is 13.6. The second-order valence-corrected chi connectivity index (χ2v) is 9.76. The Morgan fingerprint density at radius 3 is 2.65 bits per heavy atom. The van der Waals surface area contributed by atoms with Crippen LogP contribution in [0.1, 0.15) is 44.1 Å². The van der Waals surface area contributed by atoms with Gasteiger partial charge in [0, 0.05) is 5.54 Å². The zero-order chi connectivity index (χ0) is 24.3. The largest absolute Gasteiger partial charge is 0.467 e. The van der Waals surface area contributed by atoms with Gasteiger partial charge in [0.1, 0.15) is 23.8 Å². The van der Waals surface area contributed by atoms with Crippen LogP contribution in [0.25, 0.3) is 10.7 Å². The van der Waals surface area contributed by atoms with E-state index in [9.17, 15) is 9.59 Å². The summed E-state index contributed by atoms with van der Waals surface area (Å²) in [6.45, 7) is 7.25. The van der Waals surface area contributed by atoms with E-state index in [0.717, 1.165) is 4.88 Å². The van der Waals surface area contributed by atoms with Crippen molar-refractivity contribution in [2.24, 2.45) is 0 Å². The van der Waals surface area contributed by atoms with E-state index < -0.39 is 17.5 Å². The number of carbonyl (C=O) groups excluding carboxylic acids is 2. The molecular formula is C23H26N6O4S. The van der Waals surface area contributed by atoms with E-state index in [0.29, 0.717) is 23.1 Å². The highest BCUT2D eigenvalue weighted by atomic mass is 32.1. The summed E-state index contributed by atoms with van der Waals surface area (Å²) in [6.07, 6.45) is 1.52. The smallest absolute Gasteiger partial charge is 0.251 e. The van der Waals surface area contributed by atoms with Gasteiger partial charge in [-0.15, -0.1) is 21.5 Å². The van der Waals surface area contributed by atoms with Crippen molar-refractivity contribution in [2.75, 3.05) is 0 Å². The Morgan fingerprint density at radius 1 is 1.21 bits per heavy atom. The number of aromatic nitrogens is 4. The fourth-order valence-corrected chi connectivity index (χ4v) is 4.03. The second-order valence-electron chi connectivity index (χ2n) is 8.81. The lowest BCUT2D eigenvalue weighted by Crippen LogP contribution is -2.49. The van der Waals surface area contributed by atoms with Gasteiger partial charge in [-0.3, -0.25) is 9.59 Å². The third-order valence-corrected chi connectivity index (χ3v) is 5.65. The Morgan fingerprint density at radius 2 is 2.03 bits per heavy atom. The molecule has 1 unspecified atom stereocenters. The number of hydrogen-bond donors (Lipinski definition) is 1. The molecule has 34 heavy (non-hydrogen) atoms. The molecule has 0 aliphatic rings. The van der Waals surface area contributed by atoms with Crippen LogP contribution in [-0.2, 0) is 22.7 Å². The Kier molecular flexibility index (Phi) is 6.64. The average molecular weight is 483 g/mol. The first kappa shape index (κ1) is 23.4. The van der Waals surface area contributed by atoms with Crippen LogP contribution in [0.3, 0.4) is 0 Å². The molecule has 0 spiro atoms. The second kappa shape index (κ2) is 9.64. The van der Waals surface area contributed by atoms with Gasteiger partial charge in [-0.25, -0.2) is 0 Å². The molecule has 4 heterocycles. The van der Waals surface area contributed by atoms with E-state index in [4.69, 9.17) is 8.83 Å². The van der Waals surface area contributed by atoms with Crippen LogP contribution in [-0.4, -0.2) is 42.5 Å². The molecule has 11 heteroatoms. The van der Waals surface area contributed by atoms with Gasteiger partial charge >= 0.3 is 0 Å². The summed E-state index contributed by atoms with van der Waals surface area (Å²) in [7, 11) is 0. The fraction of sp³-hybridized carbons (Fsp3) is 0.348. The Balaban J connectivity index is 1.66. The molecule has 4 rings (SSSR count). The number of rotatable bonds is 8. The van der Waals surface area contributed by atoms with E-state index in [1.807, 2.05) is 38.3 Å². The summed E-state index contributed by atoms with van der Waals surface area (Å²) in [6, 6.07) is 9.68. The number of nitrogens with zero attached hydrogens (tertiary/aromatic N) is 5. The molecular weight excluding hydrogens is 456 g/mol. The Hall–Kier alpha value is -3.73. The lowest BCUT2D eigenvalue weighted by Gasteiger charge is -2.31. The highest BCUT2D eigenvalue weighted by Gasteiger charge is 2.36. The zero-order valence-electron chi connectivity index (χ0n) is 19.4. The van der Waals surface area contributed by atoms with Crippen LogP contribution in [0.15, 0.2) is 56.9 Å². The van der Waals surface area contributed by atoms with Crippen LogP contribution >= 0.6 is 11.3 Å². The molecule has 0 fully saturated rings. The first-order valence-corrected chi connectivity index (χ1v) is 11.6. The maximum Gasteiger partial charge on any atom is 0.251 e. The SMILES string of the molecule is Cc1ccc(C(C(=O)NC(C)(C)C)N(Cc2ccco2)C(=O)Cn2nnc(-c3cccs3)n2)o1. The Bertz CT molecular complexity index is 1240. The molecule has 10 nitrogen and oxygen atoms in total. The highest BCUT2D eigenvalue weighted by Crippen LogP contribution is 2.27. The van der Waals surface area contributed by atoms with E-state index in [1.54, 1.807) is 31.2 Å². The van der Waals surface area contributed by atoms with Gasteiger partial charge in [-0.05, 0) is 68.6 Å². The maximum atomic E-state index is 13.6. The lowest BCUT2D eigenvalue weighted by molar-refractivity contribution is -0.144. The molecule has 0 bridgehead atoms. The summed E-state index contributed by atoms with van der Waals surface area (Å²) in [5.41, 5.74) is -0.514. The van der Waals surface area contributed by atoms with Crippen molar-refractivity contribution in [3.63, 3.8) is 0 Å². The topological polar surface area (TPSA) is 119 Å². The van der Waals surface area contributed by atoms with E-state index >= 15 is 0 Å². The van der Waals surface area contributed by atoms with Crippen LogP contribution < -0.4 is 5.32 Å². The van der Waals surface area contributed by atoms with Crippen molar-refractivity contribution in [3.05, 3.63) is 65.3 Å². The molecule has 1 N–H and O–H groups in total. The standard InChI is InChI=1S/C23H26N6O4S/c1-15-9-10-17(33-15)20(22(31)24-23(2,3)4)28(13-16-7-5-11-32-16)19(30)14-29-26-21(25-27-29)18-8-6-12-34-18/h5-12,20H,13-14H2,1-4H3,(H,24,31). The van der Waals surface area contributed by atoms with Crippen LogP contribution in [0.5, 0.6) is 0 Å². The third-order valence-electron chi connectivity index (χ3n) is 4.79. The molecule has 0 radical (unpaired) electrons. The summed E-state index contributed by atoms with van der Waals surface area (Å²) < 4.78 is 11.3. The summed E-state index contributed by atoms with van der Waals surface area (Å²) in [4.78, 5) is 30.4. The zero-order valence-corrected chi connectivity index (χ0v) is 20.2. The molecule has 4 aromatic rings. The highest BCUT2D eigenvalue weighted by molar-refractivity contribution is 7.13. The predicted octanol–water partition coefficient (Wildman–Crippen LogP) is 3.58. The number of nitrogens with one attached hydrogen (secondary N) is 1. The summed E-state index contributed by atoms with van der Waals surface area (Å²) >= 11 is 1.48. The van der Waals surface area contributed by atoms with E-state index in [2.05, 4.69) is 20.7 Å². The van der Waals surface area contributed by atoms with Gasteiger partial charge in [-0.1, -0.05) is 6.07 Å². The number of aryl methyl sites for hydroxylation is 1. The molecule has 1 atom stereocenters. The van der Waals surface area contributed by atoms with Gasteiger partial charge in [0.25, 0.3) is 5.91 Å². The monoisotopic (exact) mass is 482 g/mol. The van der Waals surface area contributed by atoms with Gasteiger partial charge in [0.15, 0.2) is 6.04 Å². The van der Waals surface area contributed by atoms with Gasteiger partial charge < -0.3 is 19.1 Å². The first-order valence-electron chi connectivity index (χ1n) is 10.7. The number of carbonyl (C=O) groups is 2. The Labute approximate surface area is 200 Å². The third kappa shape index (κ3) is 5.60. The van der Waals surface area contributed by atoms with Crippen LogP contribution in [0.4, 0.5) is 0 Å². The molecule has 4 aromatic heterocycles. The predicted molar refractivity (Wildman–Crippen MR) is 124 cm³/mol. The fourth-order valence-electron chi connectivity index (χ4n) is 3.38. The minimum atomic E-state index is -1.02. The van der Waals surface area contributed by atoms with Crippen LogP contribution in [0, 0.1) is 6.92 Å². The summed E-state index contributed by atoms with van der Waals surface area (Å²) in [5, 5.41) is 17.3. The van der Waals surface area contributed by atoms with Crippen molar-refractivity contribution in [1.29, 1.82) is 0 Å². The van der Waals surface area contributed by atoms with E-state index in [1.165, 1.54) is 27.3 Å². The minimum Gasteiger partial charge on any atom is -0.467 e. The van der Waals surface area contributed by atoms with Crippen molar-refractivity contribution in [2.45, 2.75) is 52.4 Å². The normalized spacial score (nSPS) is 12.5. The molecule has 0 aliphatic carbocycles. The number of thiophene rings is 1.